The van der Waals surface area contributed by atoms with E-state index >= 15 is 0 Å². The predicted molar refractivity (Wildman–Crippen MR) is 83.5 cm³/mol. The Balaban J connectivity index is 2.57. The minimum Gasteiger partial charge on any atom is -0.481 e. The van der Waals surface area contributed by atoms with E-state index in [9.17, 15) is 19.7 Å². The van der Waals surface area contributed by atoms with Crippen molar-refractivity contribution in [2.24, 2.45) is 0 Å². The molecule has 2 N–H and O–H groups in total. The van der Waals surface area contributed by atoms with Gasteiger partial charge < -0.3 is 25.3 Å². The summed E-state index contributed by atoms with van der Waals surface area (Å²) in [5.74, 6) is -1.32. The monoisotopic (exact) mass is 342 g/mol. The Bertz CT molecular complexity index is 592. The molecule has 1 atom stereocenters. The highest BCUT2D eigenvalue weighted by atomic mass is 16.6. The number of nitrogens with zero attached hydrogens (tertiary/aromatic N) is 3. The highest BCUT2D eigenvalue weighted by molar-refractivity contribution is 5.71. The van der Waals surface area contributed by atoms with Crippen LogP contribution < -0.4 is 5.32 Å². The molecule has 1 heterocycles. The summed E-state index contributed by atoms with van der Waals surface area (Å²) in [6, 6.07) is -0.625. The largest absolute Gasteiger partial charge is 0.481 e. The first-order valence-corrected chi connectivity index (χ1v) is 7.45. The van der Waals surface area contributed by atoms with Crippen molar-refractivity contribution in [3.05, 3.63) is 22.5 Å². The zero-order valence-electron chi connectivity index (χ0n) is 13.9. The number of nitro groups is 1. The first kappa shape index (κ1) is 19.4. The normalized spacial score (nSPS) is 12.5. The van der Waals surface area contributed by atoms with Gasteiger partial charge in [-0.2, -0.15) is 0 Å². The van der Waals surface area contributed by atoms with E-state index in [1.807, 2.05) is 0 Å². The number of carbonyl (C=O) groups is 2. The third-order valence-corrected chi connectivity index (χ3v) is 2.95. The molecule has 0 fully saturated rings. The molecule has 1 rings (SSSR count). The van der Waals surface area contributed by atoms with Crippen molar-refractivity contribution < 1.29 is 24.4 Å². The number of carboxylic acids is 1. The maximum Gasteiger partial charge on any atom is 0.434 e. The average molecular weight is 342 g/mol. The molecule has 1 aromatic heterocycles. The summed E-state index contributed by atoms with van der Waals surface area (Å²) in [5, 5.41) is 22.2. The number of amides is 1. The molecule has 0 saturated carbocycles. The average Bonchev–Trinajstić information content (AvgIpc) is 2.83. The number of rotatable bonds is 8. The number of alkyl carbamates (subject to hydrolysis) is 1. The van der Waals surface area contributed by atoms with Gasteiger partial charge >= 0.3 is 18.0 Å². The molecule has 0 aliphatic heterocycles. The van der Waals surface area contributed by atoms with Gasteiger partial charge in [0.15, 0.2) is 0 Å². The fourth-order valence-corrected chi connectivity index (χ4v) is 2.07. The molecule has 0 unspecified atom stereocenters. The molecule has 0 bridgehead atoms. The summed E-state index contributed by atoms with van der Waals surface area (Å²) in [7, 11) is 0. The molecule has 134 valence electrons. The molecule has 0 saturated heterocycles. The van der Waals surface area contributed by atoms with E-state index in [0.29, 0.717) is 19.4 Å². The maximum absolute atomic E-state index is 11.8. The van der Waals surface area contributed by atoms with Crippen LogP contribution in [0.4, 0.5) is 10.7 Å². The molecule has 24 heavy (non-hydrogen) atoms. The summed E-state index contributed by atoms with van der Waals surface area (Å²) >= 11 is 0. The van der Waals surface area contributed by atoms with Gasteiger partial charge in [-0.3, -0.25) is 4.79 Å². The SMILES string of the molecule is CC(C)(C)OC(=O)N[C@@H](CCCn1ccnc1[N+](=O)[O-])CC(=O)O. The number of aryl methyl sites for hydroxylation is 1. The van der Waals surface area contributed by atoms with Crippen molar-refractivity contribution in [2.75, 3.05) is 0 Å². The van der Waals surface area contributed by atoms with Gasteiger partial charge in [0.05, 0.1) is 13.0 Å². The number of aromatic nitrogens is 2. The zero-order valence-corrected chi connectivity index (χ0v) is 13.9. The second kappa shape index (κ2) is 8.27. The van der Waals surface area contributed by atoms with Crippen molar-refractivity contribution >= 4 is 18.0 Å². The molecule has 0 radical (unpaired) electrons. The number of ether oxygens (including phenoxy) is 1. The molecule has 0 aromatic carbocycles. The Hall–Kier alpha value is -2.65. The van der Waals surface area contributed by atoms with E-state index in [-0.39, 0.29) is 12.4 Å². The fourth-order valence-electron chi connectivity index (χ4n) is 2.07. The van der Waals surface area contributed by atoms with Crippen LogP contribution in [0.25, 0.3) is 0 Å². The highest BCUT2D eigenvalue weighted by Crippen LogP contribution is 2.12. The number of nitrogens with one attached hydrogen (secondary N) is 1. The van der Waals surface area contributed by atoms with Gasteiger partial charge in [0.25, 0.3) is 0 Å². The molecule has 1 amide bonds. The molecule has 10 nitrogen and oxygen atoms in total. The predicted octanol–water partition coefficient (Wildman–Crippen LogP) is 1.94. The van der Waals surface area contributed by atoms with Gasteiger partial charge in [0.2, 0.25) is 0 Å². The third-order valence-electron chi connectivity index (χ3n) is 2.95. The summed E-state index contributed by atoms with van der Waals surface area (Å²) in [6.07, 6.45) is 2.62. The van der Waals surface area contributed by atoms with Crippen LogP contribution in [0.1, 0.15) is 40.0 Å². The molecule has 0 aliphatic carbocycles. The van der Waals surface area contributed by atoms with Gasteiger partial charge in [0.1, 0.15) is 18.0 Å². The molecular weight excluding hydrogens is 320 g/mol. The summed E-state index contributed by atoms with van der Waals surface area (Å²) in [6.45, 7) is 5.41. The van der Waals surface area contributed by atoms with Crippen molar-refractivity contribution in [3.63, 3.8) is 0 Å². The Morgan fingerprint density at radius 2 is 2.17 bits per heavy atom. The van der Waals surface area contributed by atoms with Crippen LogP contribution in [0, 0.1) is 10.1 Å². The first-order valence-electron chi connectivity index (χ1n) is 7.45. The molecule has 1 aromatic rings. The first-order chi connectivity index (χ1) is 11.1. The van der Waals surface area contributed by atoms with Crippen LogP contribution in [0.3, 0.4) is 0 Å². The minimum atomic E-state index is -1.05. The standard InChI is InChI=1S/C14H22N4O6/c1-14(2,3)24-13(21)16-10(9-11(19)20)5-4-7-17-8-6-15-12(17)18(22)23/h6,8,10H,4-5,7,9H2,1-3H3,(H,16,21)(H,19,20)/t10-/m0/s1. The van der Waals surface area contributed by atoms with Gasteiger partial charge in [-0.05, 0) is 38.5 Å². The Kier molecular flexibility index (Phi) is 6.69. The Labute approximate surface area is 139 Å². The molecule has 0 spiro atoms. The van der Waals surface area contributed by atoms with Crippen LogP contribution in [0.5, 0.6) is 0 Å². The lowest BCUT2D eigenvalue weighted by Crippen LogP contribution is -2.40. The summed E-state index contributed by atoms with van der Waals surface area (Å²) < 4.78 is 6.47. The van der Waals surface area contributed by atoms with Crippen LogP contribution >= 0.6 is 0 Å². The number of imidazole rings is 1. The van der Waals surface area contributed by atoms with Crippen LogP contribution in [-0.2, 0) is 16.1 Å². The quantitative estimate of drug-likeness (QED) is 0.544. The van der Waals surface area contributed by atoms with E-state index in [0.717, 1.165) is 0 Å². The second-order valence-corrected chi connectivity index (χ2v) is 6.26. The van der Waals surface area contributed by atoms with Gasteiger partial charge in [0, 0.05) is 6.04 Å². The topological polar surface area (TPSA) is 137 Å². The molecule has 0 aliphatic rings. The molecular formula is C14H22N4O6. The fraction of sp³-hybridized carbons (Fsp3) is 0.643. The van der Waals surface area contributed by atoms with Crippen molar-refractivity contribution in [2.45, 2.75) is 58.2 Å². The Morgan fingerprint density at radius 3 is 2.71 bits per heavy atom. The number of carboxylic acid groups (broad SMARTS) is 1. The van der Waals surface area contributed by atoms with Crippen LogP contribution in [-0.4, -0.2) is 43.3 Å². The number of hydrogen-bond donors (Lipinski definition) is 2. The number of aliphatic carboxylic acids is 1. The smallest absolute Gasteiger partial charge is 0.434 e. The lowest BCUT2D eigenvalue weighted by Gasteiger charge is -2.23. The van der Waals surface area contributed by atoms with Crippen molar-refractivity contribution in [1.82, 2.24) is 14.9 Å². The van der Waals surface area contributed by atoms with Gasteiger partial charge in [-0.1, -0.05) is 4.98 Å². The maximum atomic E-state index is 11.8. The van der Waals surface area contributed by atoms with Crippen LogP contribution in [0.15, 0.2) is 12.4 Å². The number of carbonyl (C=O) groups excluding carboxylic acids is 1. The summed E-state index contributed by atoms with van der Waals surface area (Å²) in [5.41, 5.74) is -0.685. The lowest BCUT2D eigenvalue weighted by molar-refractivity contribution is -0.396. The van der Waals surface area contributed by atoms with E-state index in [1.165, 1.54) is 17.0 Å². The van der Waals surface area contributed by atoms with Crippen molar-refractivity contribution in [3.8, 4) is 0 Å². The number of hydrogen-bond acceptors (Lipinski definition) is 6. The van der Waals surface area contributed by atoms with Crippen molar-refractivity contribution in [1.29, 1.82) is 0 Å². The van der Waals surface area contributed by atoms with Gasteiger partial charge in [-0.25, -0.2) is 9.36 Å². The highest BCUT2D eigenvalue weighted by Gasteiger charge is 2.21. The van der Waals surface area contributed by atoms with E-state index in [4.69, 9.17) is 9.84 Å². The third kappa shape index (κ3) is 7.07. The van der Waals surface area contributed by atoms with E-state index < -0.39 is 28.6 Å². The zero-order chi connectivity index (χ0) is 18.3. The van der Waals surface area contributed by atoms with Crippen LogP contribution in [0.2, 0.25) is 0 Å². The van der Waals surface area contributed by atoms with E-state index in [2.05, 4.69) is 10.3 Å². The van der Waals surface area contributed by atoms with E-state index in [1.54, 1.807) is 20.8 Å². The summed E-state index contributed by atoms with van der Waals surface area (Å²) in [4.78, 5) is 36.5. The lowest BCUT2D eigenvalue weighted by atomic mass is 10.1. The van der Waals surface area contributed by atoms with Gasteiger partial charge in [-0.15, -0.1) is 0 Å². The Morgan fingerprint density at radius 1 is 1.50 bits per heavy atom. The minimum absolute atomic E-state index is 0.259. The second-order valence-electron chi connectivity index (χ2n) is 6.26. The molecule has 10 heteroatoms.